The van der Waals surface area contributed by atoms with Gasteiger partial charge in [-0.2, -0.15) is 0 Å². The van der Waals surface area contributed by atoms with E-state index in [1.165, 1.54) is 24.0 Å². The van der Waals surface area contributed by atoms with Crippen molar-refractivity contribution < 1.29 is 14.3 Å². The molecule has 0 fully saturated rings. The van der Waals surface area contributed by atoms with Crippen LogP contribution < -0.4 is 5.32 Å². The van der Waals surface area contributed by atoms with Crippen LogP contribution in [-0.4, -0.2) is 26.4 Å². The molecule has 0 bridgehead atoms. The predicted molar refractivity (Wildman–Crippen MR) is 90.2 cm³/mol. The van der Waals surface area contributed by atoms with E-state index in [0.717, 1.165) is 5.56 Å². The number of aromatic nitrogens is 3. The summed E-state index contributed by atoms with van der Waals surface area (Å²) in [4.78, 5) is 14.5. The van der Waals surface area contributed by atoms with E-state index in [-0.39, 0.29) is 5.82 Å². The molecule has 2 aromatic heterocycles. The van der Waals surface area contributed by atoms with E-state index in [4.69, 9.17) is 21.1 Å². The molecule has 0 aliphatic rings. The van der Waals surface area contributed by atoms with Gasteiger partial charge in [0.2, 0.25) is 5.89 Å². The Morgan fingerprint density at radius 1 is 1.25 bits per heavy atom. The maximum Gasteiger partial charge on any atom is 0.410 e. The zero-order chi connectivity index (χ0) is 16.9. The number of halogens is 1. The van der Waals surface area contributed by atoms with Crippen molar-refractivity contribution in [2.24, 2.45) is 0 Å². The molecule has 0 saturated carbocycles. The average Bonchev–Trinajstić information content (AvgIpc) is 3.03. The highest BCUT2D eigenvalue weighted by molar-refractivity contribution is 7.98. The molecule has 24 heavy (non-hydrogen) atoms. The third-order valence-corrected chi connectivity index (χ3v) is 4.07. The number of nitrogens with zero attached hydrogens (tertiary/aromatic N) is 3. The highest BCUT2D eigenvalue weighted by Crippen LogP contribution is 2.26. The normalized spacial score (nSPS) is 10.5. The van der Waals surface area contributed by atoms with Crippen molar-refractivity contribution in [2.75, 3.05) is 5.32 Å². The van der Waals surface area contributed by atoms with Crippen molar-refractivity contribution in [3.63, 3.8) is 0 Å². The molecule has 1 amide bonds. The van der Waals surface area contributed by atoms with Gasteiger partial charge in [-0.15, -0.1) is 10.2 Å². The van der Waals surface area contributed by atoms with Crippen LogP contribution in [0.2, 0.25) is 5.02 Å². The summed E-state index contributed by atoms with van der Waals surface area (Å²) in [6, 6.07) is 10.7. The average molecular weight is 363 g/mol. The summed E-state index contributed by atoms with van der Waals surface area (Å²) in [6.45, 7) is 0. The summed E-state index contributed by atoms with van der Waals surface area (Å²) >= 11 is 7.25. The Bertz CT molecular complexity index is 854. The van der Waals surface area contributed by atoms with Crippen molar-refractivity contribution in [1.82, 2.24) is 15.2 Å². The molecule has 2 N–H and O–H groups in total. The van der Waals surface area contributed by atoms with Crippen molar-refractivity contribution in [3.05, 3.63) is 53.2 Å². The van der Waals surface area contributed by atoms with E-state index in [0.29, 0.717) is 27.5 Å². The zero-order valence-electron chi connectivity index (χ0n) is 12.1. The van der Waals surface area contributed by atoms with Crippen LogP contribution in [-0.2, 0) is 5.75 Å². The molecule has 0 aliphatic carbocycles. The molecule has 0 saturated heterocycles. The van der Waals surface area contributed by atoms with Crippen molar-refractivity contribution in [3.8, 4) is 11.5 Å². The number of pyridine rings is 1. The Hall–Kier alpha value is -2.58. The van der Waals surface area contributed by atoms with E-state index < -0.39 is 6.09 Å². The number of carbonyl (C=O) groups is 1. The number of hydrogen-bond acceptors (Lipinski definition) is 6. The fraction of sp³-hybridized carbons (Fsp3) is 0.0667. The number of thioether (sulfide) groups is 1. The largest absolute Gasteiger partial charge is 0.465 e. The molecule has 7 nitrogen and oxygen atoms in total. The second-order valence-corrected chi connectivity index (χ2v) is 6.01. The first-order valence-electron chi connectivity index (χ1n) is 6.77. The lowest BCUT2D eigenvalue weighted by atomic mass is 10.2. The third-order valence-electron chi connectivity index (χ3n) is 2.92. The molecule has 0 unspecified atom stereocenters. The molecule has 0 radical (unpaired) electrons. The van der Waals surface area contributed by atoms with Gasteiger partial charge in [0.1, 0.15) is 5.82 Å². The van der Waals surface area contributed by atoms with Gasteiger partial charge in [-0.25, -0.2) is 9.78 Å². The fourth-order valence-corrected chi connectivity index (χ4v) is 2.70. The van der Waals surface area contributed by atoms with Crippen LogP contribution in [0, 0.1) is 0 Å². The summed E-state index contributed by atoms with van der Waals surface area (Å²) < 4.78 is 5.59. The van der Waals surface area contributed by atoms with Crippen LogP contribution in [0.25, 0.3) is 11.5 Å². The molecule has 3 aromatic rings. The summed E-state index contributed by atoms with van der Waals surface area (Å²) in [5.74, 6) is 1.15. The van der Waals surface area contributed by atoms with Crippen molar-refractivity contribution >= 4 is 35.3 Å². The first kappa shape index (κ1) is 16.3. The molecule has 9 heteroatoms. The summed E-state index contributed by atoms with van der Waals surface area (Å²) in [6.07, 6.45) is 0.273. The van der Waals surface area contributed by atoms with Gasteiger partial charge in [-0.05, 0) is 29.8 Å². The number of rotatable bonds is 5. The molecule has 0 atom stereocenters. The number of amides is 1. The van der Waals surface area contributed by atoms with Crippen LogP contribution in [0.3, 0.4) is 0 Å². The van der Waals surface area contributed by atoms with Crippen LogP contribution >= 0.6 is 23.4 Å². The lowest BCUT2D eigenvalue weighted by Gasteiger charge is -2.00. The maximum atomic E-state index is 10.6. The number of benzene rings is 1. The molecular formula is C15H11ClN4O3S. The number of carboxylic acid groups (broad SMARTS) is 1. The first-order valence-corrected chi connectivity index (χ1v) is 8.13. The molecule has 122 valence electrons. The Balaban J connectivity index is 1.69. The predicted octanol–water partition coefficient (Wildman–Crippen LogP) is 4.17. The van der Waals surface area contributed by atoms with E-state index in [9.17, 15) is 4.79 Å². The van der Waals surface area contributed by atoms with Gasteiger partial charge in [0, 0.05) is 22.5 Å². The Morgan fingerprint density at radius 3 is 2.79 bits per heavy atom. The summed E-state index contributed by atoms with van der Waals surface area (Å²) in [7, 11) is 0. The van der Waals surface area contributed by atoms with Crippen LogP contribution in [0.5, 0.6) is 0 Å². The number of nitrogens with one attached hydrogen (secondary N) is 1. The minimum absolute atomic E-state index is 0.188. The Morgan fingerprint density at radius 2 is 2.04 bits per heavy atom. The van der Waals surface area contributed by atoms with Gasteiger partial charge in [-0.3, -0.25) is 5.32 Å². The number of hydrogen-bond donors (Lipinski definition) is 2. The van der Waals surface area contributed by atoms with Crippen molar-refractivity contribution in [1.29, 1.82) is 0 Å². The molecule has 3 rings (SSSR count). The fourth-order valence-electron chi connectivity index (χ4n) is 1.85. The topological polar surface area (TPSA) is 101 Å². The Kier molecular flexibility index (Phi) is 4.97. The zero-order valence-corrected chi connectivity index (χ0v) is 13.7. The third kappa shape index (κ3) is 4.24. The van der Waals surface area contributed by atoms with Gasteiger partial charge in [-0.1, -0.05) is 35.5 Å². The van der Waals surface area contributed by atoms with Gasteiger partial charge in [0.25, 0.3) is 5.22 Å². The second kappa shape index (κ2) is 7.33. The Labute approximate surface area is 146 Å². The smallest absolute Gasteiger partial charge is 0.410 e. The van der Waals surface area contributed by atoms with E-state index in [1.54, 1.807) is 6.07 Å². The second-order valence-electron chi connectivity index (χ2n) is 4.65. The molecular weight excluding hydrogens is 352 g/mol. The van der Waals surface area contributed by atoms with E-state index in [1.807, 2.05) is 24.3 Å². The monoisotopic (exact) mass is 362 g/mol. The SMILES string of the molecule is O=C(O)Nc1cc(-c2nnc(SCc3ccc(Cl)cc3)o2)ccn1. The standard InChI is InChI=1S/C15H11ClN4O3S/c16-11-3-1-9(2-4-11)8-24-15-20-19-13(23-15)10-5-6-17-12(7-10)18-14(21)22/h1-7H,8H2,(H,17,18)(H,21,22). The van der Waals surface area contributed by atoms with Crippen molar-refractivity contribution in [2.45, 2.75) is 11.0 Å². The molecule has 2 heterocycles. The minimum atomic E-state index is -1.19. The van der Waals surface area contributed by atoms with E-state index >= 15 is 0 Å². The lowest BCUT2D eigenvalue weighted by Crippen LogP contribution is -2.08. The van der Waals surface area contributed by atoms with Gasteiger partial charge in [0.15, 0.2) is 0 Å². The van der Waals surface area contributed by atoms with Crippen LogP contribution in [0.15, 0.2) is 52.2 Å². The number of anilines is 1. The maximum absolute atomic E-state index is 10.6. The van der Waals surface area contributed by atoms with Gasteiger partial charge >= 0.3 is 6.09 Å². The highest BCUT2D eigenvalue weighted by atomic mass is 35.5. The lowest BCUT2D eigenvalue weighted by molar-refractivity contribution is 0.209. The highest BCUT2D eigenvalue weighted by Gasteiger charge is 2.11. The molecule has 0 spiro atoms. The van der Waals surface area contributed by atoms with Gasteiger partial charge < -0.3 is 9.52 Å². The summed E-state index contributed by atoms with van der Waals surface area (Å²) in [5, 5.41) is 19.9. The van der Waals surface area contributed by atoms with Crippen LogP contribution in [0.4, 0.5) is 10.6 Å². The first-order chi connectivity index (χ1) is 11.6. The van der Waals surface area contributed by atoms with Gasteiger partial charge in [0.05, 0.1) is 0 Å². The molecule has 1 aromatic carbocycles. The molecule has 0 aliphatic heterocycles. The summed E-state index contributed by atoms with van der Waals surface area (Å²) in [5.41, 5.74) is 1.67. The van der Waals surface area contributed by atoms with Crippen LogP contribution in [0.1, 0.15) is 5.56 Å². The minimum Gasteiger partial charge on any atom is -0.465 e. The van der Waals surface area contributed by atoms with E-state index in [2.05, 4.69) is 20.5 Å². The quantitative estimate of drug-likeness (QED) is 0.657.